The fourth-order valence-electron chi connectivity index (χ4n) is 4.17. The van der Waals surface area contributed by atoms with Crippen molar-refractivity contribution in [3.05, 3.63) is 64.7 Å². The van der Waals surface area contributed by atoms with Crippen molar-refractivity contribution < 1.29 is 31.4 Å². The first-order valence-electron chi connectivity index (χ1n) is 8.42. The van der Waals surface area contributed by atoms with Crippen molar-refractivity contribution in [1.29, 1.82) is 0 Å². The second-order valence-corrected chi connectivity index (χ2v) is 7.43. The first-order chi connectivity index (χ1) is 12.8. The minimum atomic E-state index is -4.96. The highest BCUT2D eigenvalue weighted by molar-refractivity contribution is 6.05. The molecule has 1 aliphatic carbocycles. The van der Waals surface area contributed by atoms with Gasteiger partial charge in [0, 0.05) is 10.8 Å². The van der Waals surface area contributed by atoms with Gasteiger partial charge in [0.25, 0.3) is 0 Å². The highest BCUT2D eigenvalue weighted by atomic mass is 19.4. The lowest BCUT2D eigenvalue weighted by Gasteiger charge is -2.26. The van der Waals surface area contributed by atoms with Crippen LogP contribution in [-0.4, -0.2) is 5.11 Å². The average molecular weight is 396 g/mol. The van der Waals surface area contributed by atoms with E-state index >= 15 is 0 Å². The fraction of sp³-hybridized carbons (Fsp3) is 0.238. The smallest absolute Gasteiger partial charge is 0.416 e. The number of hydrogen-bond acceptors (Lipinski definition) is 1. The molecule has 0 aromatic heterocycles. The third-order valence-electron chi connectivity index (χ3n) is 5.36. The third-order valence-corrected chi connectivity index (χ3v) is 5.36. The summed E-state index contributed by atoms with van der Waals surface area (Å²) in [6.07, 6.45) is -9.88. The Hall–Kier alpha value is -2.70. The molecule has 146 valence electrons. The molecule has 0 heterocycles. The molecule has 4 rings (SSSR count). The Labute approximate surface area is 156 Å². The summed E-state index contributed by atoms with van der Waals surface area (Å²) in [5.41, 5.74) is -3.53. The Morgan fingerprint density at radius 1 is 0.821 bits per heavy atom. The summed E-state index contributed by atoms with van der Waals surface area (Å²) in [4.78, 5) is 0. The maximum atomic E-state index is 13.8. The van der Waals surface area contributed by atoms with Gasteiger partial charge in [-0.3, -0.25) is 0 Å². The van der Waals surface area contributed by atoms with Gasteiger partial charge in [-0.1, -0.05) is 38.1 Å². The van der Waals surface area contributed by atoms with Gasteiger partial charge in [0.15, 0.2) is 0 Å². The largest absolute Gasteiger partial charge is 0.507 e. The molecule has 0 saturated heterocycles. The molecular formula is C21H14F6O. The summed E-state index contributed by atoms with van der Waals surface area (Å²) in [7, 11) is 0. The summed E-state index contributed by atoms with van der Waals surface area (Å²) in [5, 5.41) is 11.1. The Bertz CT molecular complexity index is 1120. The van der Waals surface area contributed by atoms with Gasteiger partial charge >= 0.3 is 12.4 Å². The molecule has 0 bridgehead atoms. The van der Waals surface area contributed by atoms with Crippen LogP contribution in [0.25, 0.3) is 21.9 Å². The van der Waals surface area contributed by atoms with Crippen molar-refractivity contribution in [3.63, 3.8) is 0 Å². The standard InChI is InChI=1S/C21H14F6O/c1-19(2)14-9-16(28)11-5-3-4-6-12(11)17(14)13-7-10(20(22,23)24)8-15(18(13)19)21(25,26)27/h3-9,28H,1-2H3. The summed E-state index contributed by atoms with van der Waals surface area (Å²) >= 11 is 0. The zero-order chi connectivity index (χ0) is 20.6. The molecule has 1 nitrogen and oxygen atoms in total. The number of fused-ring (bicyclic) bond motifs is 5. The predicted molar refractivity (Wildman–Crippen MR) is 93.2 cm³/mol. The van der Waals surface area contributed by atoms with Crippen LogP contribution < -0.4 is 0 Å². The molecule has 0 spiro atoms. The Morgan fingerprint density at radius 2 is 1.43 bits per heavy atom. The number of phenols is 1. The molecule has 0 aliphatic heterocycles. The topological polar surface area (TPSA) is 20.2 Å². The van der Waals surface area contributed by atoms with Gasteiger partial charge in [-0.15, -0.1) is 0 Å². The quantitative estimate of drug-likeness (QED) is 0.410. The third kappa shape index (κ3) is 2.48. The van der Waals surface area contributed by atoms with Gasteiger partial charge in [0.05, 0.1) is 11.1 Å². The number of alkyl halides is 6. The molecule has 0 amide bonds. The minimum Gasteiger partial charge on any atom is -0.507 e. The van der Waals surface area contributed by atoms with Crippen molar-refractivity contribution in [3.8, 4) is 16.9 Å². The molecule has 1 N–H and O–H groups in total. The minimum absolute atomic E-state index is 0.0987. The van der Waals surface area contributed by atoms with Crippen LogP contribution in [0.2, 0.25) is 0 Å². The average Bonchev–Trinajstić information content (AvgIpc) is 2.81. The summed E-state index contributed by atoms with van der Waals surface area (Å²) in [6, 6.07) is 8.75. The summed E-state index contributed by atoms with van der Waals surface area (Å²) < 4.78 is 81.4. The lowest BCUT2D eigenvalue weighted by molar-refractivity contribution is -0.143. The van der Waals surface area contributed by atoms with Crippen LogP contribution in [0.4, 0.5) is 26.3 Å². The van der Waals surface area contributed by atoms with Crippen LogP contribution in [0.15, 0.2) is 42.5 Å². The first-order valence-corrected chi connectivity index (χ1v) is 8.42. The monoisotopic (exact) mass is 396 g/mol. The Kier molecular flexibility index (Phi) is 3.62. The molecule has 0 fully saturated rings. The highest BCUT2D eigenvalue weighted by Crippen LogP contribution is 2.57. The van der Waals surface area contributed by atoms with E-state index in [4.69, 9.17) is 0 Å². The Morgan fingerprint density at radius 3 is 2.00 bits per heavy atom. The number of rotatable bonds is 0. The van der Waals surface area contributed by atoms with Gasteiger partial charge in [0.1, 0.15) is 5.75 Å². The van der Waals surface area contributed by atoms with Gasteiger partial charge in [0.2, 0.25) is 0 Å². The van der Waals surface area contributed by atoms with Gasteiger partial charge in [-0.25, -0.2) is 0 Å². The molecule has 28 heavy (non-hydrogen) atoms. The number of benzene rings is 3. The van der Waals surface area contributed by atoms with E-state index < -0.39 is 28.9 Å². The first kappa shape index (κ1) is 18.7. The molecule has 7 heteroatoms. The van der Waals surface area contributed by atoms with E-state index in [-0.39, 0.29) is 22.9 Å². The summed E-state index contributed by atoms with van der Waals surface area (Å²) in [5.74, 6) is -0.125. The maximum absolute atomic E-state index is 13.8. The van der Waals surface area contributed by atoms with Crippen molar-refractivity contribution in [2.45, 2.75) is 31.6 Å². The van der Waals surface area contributed by atoms with E-state index in [1.54, 1.807) is 24.3 Å². The summed E-state index contributed by atoms with van der Waals surface area (Å²) in [6.45, 7) is 3.04. The van der Waals surface area contributed by atoms with E-state index in [2.05, 4.69) is 0 Å². The number of hydrogen-bond donors (Lipinski definition) is 1. The van der Waals surface area contributed by atoms with Crippen LogP contribution >= 0.6 is 0 Å². The van der Waals surface area contributed by atoms with Crippen molar-refractivity contribution in [1.82, 2.24) is 0 Å². The van der Waals surface area contributed by atoms with Crippen molar-refractivity contribution in [2.75, 3.05) is 0 Å². The van der Waals surface area contributed by atoms with Crippen molar-refractivity contribution >= 4 is 10.8 Å². The molecule has 1 aliphatic rings. The van der Waals surface area contributed by atoms with Crippen LogP contribution in [0.5, 0.6) is 5.75 Å². The maximum Gasteiger partial charge on any atom is 0.416 e. The van der Waals surface area contributed by atoms with Gasteiger partial charge < -0.3 is 5.11 Å². The van der Waals surface area contributed by atoms with Crippen LogP contribution in [0.3, 0.4) is 0 Å². The fourth-order valence-corrected chi connectivity index (χ4v) is 4.17. The molecule has 0 unspecified atom stereocenters. The van der Waals surface area contributed by atoms with Crippen LogP contribution in [-0.2, 0) is 17.8 Å². The molecule has 0 radical (unpaired) electrons. The Balaban J connectivity index is 2.22. The number of phenolic OH excluding ortho intramolecular Hbond substituents is 1. The molecule has 0 atom stereocenters. The molecular weight excluding hydrogens is 382 g/mol. The van der Waals surface area contributed by atoms with E-state index in [0.29, 0.717) is 21.9 Å². The van der Waals surface area contributed by atoms with Crippen LogP contribution in [0, 0.1) is 0 Å². The zero-order valence-electron chi connectivity index (χ0n) is 14.8. The molecule has 0 saturated carbocycles. The number of halogens is 6. The van der Waals surface area contributed by atoms with Gasteiger partial charge in [-0.2, -0.15) is 26.3 Å². The highest BCUT2D eigenvalue weighted by Gasteiger charge is 2.47. The molecule has 3 aromatic rings. The number of aromatic hydroxyl groups is 1. The normalized spacial score (nSPS) is 15.6. The lowest BCUT2D eigenvalue weighted by atomic mass is 9.79. The molecule has 3 aromatic carbocycles. The van der Waals surface area contributed by atoms with Gasteiger partial charge in [-0.05, 0) is 45.8 Å². The van der Waals surface area contributed by atoms with E-state index in [0.717, 1.165) is 6.07 Å². The lowest BCUT2D eigenvalue weighted by Crippen LogP contribution is -2.22. The second kappa shape index (κ2) is 5.43. The van der Waals surface area contributed by atoms with Crippen molar-refractivity contribution in [2.24, 2.45) is 0 Å². The zero-order valence-corrected chi connectivity index (χ0v) is 14.8. The van der Waals surface area contributed by atoms with E-state index in [9.17, 15) is 31.4 Å². The van der Waals surface area contributed by atoms with Crippen LogP contribution in [0.1, 0.15) is 36.1 Å². The van der Waals surface area contributed by atoms with E-state index in [1.165, 1.54) is 19.9 Å². The second-order valence-electron chi connectivity index (χ2n) is 7.43. The SMILES string of the molecule is CC1(C)c2cc(O)c3ccccc3c2-c2cc(C(F)(F)F)cc(C(F)(F)F)c21. The van der Waals surface area contributed by atoms with E-state index in [1.807, 2.05) is 0 Å². The predicted octanol–water partition coefficient (Wildman–Crippen LogP) is 6.89.